The summed E-state index contributed by atoms with van der Waals surface area (Å²) in [6, 6.07) is 1.20. The predicted molar refractivity (Wildman–Crippen MR) is 76.6 cm³/mol. The monoisotopic (exact) mass is 355 g/mol. The van der Waals surface area contributed by atoms with E-state index in [1.807, 2.05) is 11.4 Å². The Labute approximate surface area is 124 Å². The summed E-state index contributed by atoms with van der Waals surface area (Å²) in [6.45, 7) is 1.38. The molecule has 1 fully saturated rings. The molecule has 1 aliphatic rings. The van der Waals surface area contributed by atoms with Gasteiger partial charge in [0.1, 0.15) is 6.04 Å². The molecule has 0 radical (unpaired) electrons. The summed E-state index contributed by atoms with van der Waals surface area (Å²) in [4.78, 5) is 12.0. The fourth-order valence-electron chi connectivity index (χ4n) is 1.84. The van der Waals surface area contributed by atoms with Gasteiger partial charge in [-0.3, -0.25) is 10.1 Å². The highest BCUT2D eigenvalue weighted by Crippen LogP contribution is 2.26. The summed E-state index contributed by atoms with van der Waals surface area (Å²) in [5.74, 6) is -0.850. The molecule has 7 heteroatoms. The van der Waals surface area contributed by atoms with Gasteiger partial charge in [0.15, 0.2) is 0 Å². The Hall–Kier alpha value is -0.140. The van der Waals surface area contributed by atoms with Gasteiger partial charge in [0.2, 0.25) is 0 Å². The van der Waals surface area contributed by atoms with Crippen molar-refractivity contribution in [3.63, 3.8) is 0 Å². The molecule has 1 saturated heterocycles. The van der Waals surface area contributed by atoms with Crippen LogP contribution in [0.3, 0.4) is 0 Å². The number of halogens is 2. The number of carbonyl (C=O) groups is 1. The van der Waals surface area contributed by atoms with Crippen LogP contribution in [-0.2, 0) is 9.53 Å². The number of carboxylic acids is 1. The number of carboxylic acid groups (broad SMARTS) is 1. The second-order valence-corrected chi connectivity index (χ2v) is 5.84. The van der Waals surface area contributed by atoms with Crippen LogP contribution in [0, 0.1) is 0 Å². The first-order chi connectivity index (χ1) is 8.16. The number of thiophene rings is 1. The molecule has 2 N–H and O–H groups in total. The molecule has 0 amide bonds. The van der Waals surface area contributed by atoms with Crippen molar-refractivity contribution >= 4 is 45.6 Å². The summed E-state index contributed by atoms with van der Waals surface area (Å²) >= 11 is 4.77. The minimum atomic E-state index is -0.850. The molecule has 102 valence electrons. The Morgan fingerprint density at radius 1 is 1.72 bits per heavy atom. The van der Waals surface area contributed by atoms with E-state index in [2.05, 4.69) is 21.2 Å². The maximum Gasteiger partial charge on any atom is 0.326 e. The number of hydrogen-bond donors (Lipinski definition) is 2. The molecule has 4 nitrogen and oxygen atoms in total. The van der Waals surface area contributed by atoms with Crippen molar-refractivity contribution in [1.29, 1.82) is 0 Å². The highest BCUT2D eigenvalue weighted by Gasteiger charge is 2.23. The lowest BCUT2D eigenvalue weighted by Crippen LogP contribution is -2.33. The van der Waals surface area contributed by atoms with Crippen molar-refractivity contribution in [2.75, 3.05) is 13.2 Å². The van der Waals surface area contributed by atoms with E-state index in [0.29, 0.717) is 6.54 Å². The Balaban J connectivity index is 0.00000162. The smallest absolute Gasteiger partial charge is 0.326 e. The van der Waals surface area contributed by atoms with Crippen LogP contribution in [0.1, 0.15) is 23.8 Å². The van der Waals surface area contributed by atoms with Gasteiger partial charge in [-0.25, -0.2) is 0 Å². The minimum Gasteiger partial charge on any atom is -0.480 e. The lowest BCUT2D eigenvalue weighted by molar-refractivity contribution is -0.139. The van der Waals surface area contributed by atoms with Gasteiger partial charge in [-0.05, 0) is 34.8 Å². The number of nitrogens with one attached hydrogen (secondary N) is 1. The van der Waals surface area contributed by atoms with E-state index < -0.39 is 12.0 Å². The third-order valence-electron chi connectivity index (χ3n) is 2.69. The molecular formula is C11H15BrClNO3S. The topological polar surface area (TPSA) is 58.6 Å². The molecule has 0 spiro atoms. The highest BCUT2D eigenvalue weighted by atomic mass is 79.9. The second-order valence-electron chi connectivity index (χ2n) is 3.98. The standard InChI is InChI=1S/C11H14BrNO3S.ClH/c12-7-4-9(17-6-7)10(11(14)15)13-5-8-2-1-3-16-8;/h4,6,8,10,13H,1-3,5H2,(H,14,15);1H. The third kappa shape index (κ3) is 4.20. The average Bonchev–Trinajstić information content (AvgIpc) is 2.90. The summed E-state index contributed by atoms with van der Waals surface area (Å²) in [5, 5.41) is 14.1. The third-order valence-corrected chi connectivity index (χ3v) is 4.45. The van der Waals surface area contributed by atoms with E-state index in [1.54, 1.807) is 0 Å². The van der Waals surface area contributed by atoms with Crippen molar-refractivity contribution in [3.8, 4) is 0 Å². The van der Waals surface area contributed by atoms with E-state index >= 15 is 0 Å². The van der Waals surface area contributed by atoms with Crippen LogP contribution in [0.15, 0.2) is 15.9 Å². The first kappa shape index (κ1) is 15.9. The molecule has 0 bridgehead atoms. The lowest BCUT2D eigenvalue weighted by atomic mass is 10.2. The van der Waals surface area contributed by atoms with E-state index in [4.69, 9.17) is 4.74 Å². The first-order valence-corrected chi connectivity index (χ1v) is 7.16. The van der Waals surface area contributed by atoms with E-state index in [0.717, 1.165) is 28.8 Å². The average molecular weight is 357 g/mol. The summed E-state index contributed by atoms with van der Waals surface area (Å²) in [5.41, 5.74) is 0. The van der Waals surface area contributed by atoms with Gasteiger partial charge in [-0.1, -0.05) is 0 Å². The minimum absolute atomic E-state index is 0. The van der Waals surface area contributed by atoms with Crippen molar-refractivity contribution < 1.29 is 14.6 Å². The molecule has 2 rings (SSSR count). The van der Waals surface area contributed by atoms with Crippen LogP contribution < -0.4 is 5.32 Å². The van der Waals surface area contributed by atoms with Gasteiger partial charge >= 0.3 is 5.97 Å². The Kier molecular flexibility index (Phi) is 6.59. The van der Waals surface area contributed by atoms with Crippen LogP contribution in [0.2, 0.25) is 0 Å². The predicted octanol–water partition coefficient (Wildman–Crippen LogP) is 2.83. The van der Waals surface area contributed by atoms with Gasteiger partial charge in [0.25, 0.3) is 0 Å². The fourth-order valence-corrected chi connectivity index (χ4v) is 3.35. The van der Waals surface area contributed by atoms with E-state index in [9.17, 15) is 9.90 Å². The van der Waals surface area contributed by atoms with Crippen LogP contribution >= 0.6 is 39.7 Å². The Morgan fingerprint density at radius 2 is 2.50 bits per heavy atom. The number of ether oxygens (including phenoxy) is 1. The van der Waals surface area contributed by atoms with Crippen molar-refractivity contribution in [1.82, 2.24) is 5.32 Å². The SMILES string of the molecule is Cl.O=C(O)C(NCC1CCCO1)c1cc(Br)cs1. The second kappa shape index (κ2) is 7.45. The Bertz CT molecular complexity index is 395. The largest absolute Gasteiger partial charge is 0.480 e. The maximum atomic E-state index is 11.2. The molecule has 1 aromatic rings. The molecule has 2 heterocycles. The van der Waals surface area contributed by atoms with Crippen molar-refractivity contribution in [2.24, 2.45) is 0 Å². The van der Waals surface area contributed by atoms with Gasteiger partial charge in [-0.2, -0.15) is 0 Å². The normalized spacial score (nSPS) is 20.4. The number of aliphatic carboxylic acids is 1. The molecular weight excluding hydrogens is 342 g/mol. The quantitative estimate of drug-likeness (QED) is 0.852. The van der Waals surface area contributed by atoms with E-state index in [-0.39, 0.29) is 18.5 Å². The number of hydrogen-bond acceptors (Lipinski definition) is 4. The zero-order valence-corrected chi connectivity index (χ0v) is 12.8. The molecule has 18 heavy (non-hydrogen) atoms. The van der Waals surface area contributed by atoms with E-state index in [1.165, 1.54) is 11.3 Å². The Morgan fingerprint density at radius 3 is 3.00 bits per heavy atom. The zero-order chi connectivity index (χ0) is 12.3. The summed E-state index contributed by atoms with van der Waals surface area (Å²) in [7, 11) is 0. The molecule has 1 aliphatic heterocycles. The zero-order valence-electron chi connectivity index (χ0n) is 9.60. The van der Waals surface area contributed by atoms with Crippen molar-refractivity contribution in [3.05, 3.63) is 20.8 Å². The van der Waals surface area contributed by atoms with Gasteiger partial charge in [0, 0.05) is 27.9 Å². The highest BCUT2D eigenvalue weighted by molar-refractivity contribution is 9.10. The lowest BCUT2D eigenvalue weighted by Gasteiger charge is -2.16. The van der Waals surface area contributed by atoms with Gasteiger partial charge in [-0.15, -0.1) is 23.7 Å². The molecule has 0 aliphatic carbocycles. The molecule has 2 unspecified atom stereocenters. The summed E-state index contributed by atoms with van der Waals surface area (Å²) < 4.78 is 6.38. The maximum absolute atomic E-state index is 11.2. The molecule has 0 aromatic carbocycles. The summed E-state index contributed by atoms with van der Waals surface area (Å²) in [6.07, 6.45) is 2.22. The van der Waals surface area contributed by atoms with Crippen LogP contribution in [0.5, 0.6) is 0 Å². The molecule has 2 atom stereocenters. The number of rotatable bonds is 5. The van der Waals surface area contributed by atoms with Crippen molar-refractivity contribution in [2.45, 2.75) is 25.0 Å². The van der Waals surface area contributed by atoms with Crippen LogP contribution in [-0.4, -0.2) is 30.3 Å². The van der Waals surface area contributed by atoms with Gasteiger partial charge < -0.3 is 9.84 Å². The van der Waals surface area contributed by atoms with Crippen LogP contribution in [0.25, 0.3) is 0 Å². The fraction of sp³-hybridized carbons (Fsp3) is 0.545. The van der Waals surface area contributed by atoms with Crippen LogP contribution in [0.4, 0.5) is 0 Å². The first-order valence-electron chi connectivity index (χ1n) is 5.48. The molecule has 1 aromatic heterocycles. The van der Waals surface area contributed by atoms with Gasteiger partial charge in [0.05, 0.1) is 6.10 Å². The molecule has 0 saturated carbocycles.